The van der Waals surface area contributed by atoms with Crippen molar-refractivity contribution in [3.8, 4) is 0 Å². The molecule has 0 bridgehead atoms. The van der Waals surface area contributed by atoms with E-state index in [-0.39, 0.29) is 0 Å². The SMILES string of the molecule is CNC/C=C/c1coc2ccccc12. The summed E-state index contributed by atoms with van der Waals surface area (Å²) in [5, 5.41) is 4.23. The van der Waals surface area contributed by atoms with Crippen LogP contribution in [0, 0.1) is 0 Å². The van der Waals surface area contributed by atoms with Gasteiger partial charge in [-0.25, -0.2) is 0 Å². The van der Waals surface area contributed by atoms with E-state index >= 15 is 0 Å². The minimum atomic E-state index is 0.875. The molecule has 0 aliphatic carbocycles. The third-order valence-electron chi connectivity index (χ3n) is 2.13. The van der Waals surface area contributed by atoms with Crippen molar-refractivity contribution >= 4 is 17.0 Å². The van der Waals surface area contributed by atoms with Crippen molar-refractivity contribution in [1.29, 1.82) is 0 Å². The van der Waals surface area contributed by atoms with E-state index < -0.39 is 0 Å². The van der Waals surface area contributed by atoms with Crippen LogP contribution in [0.1, 0.15) is 5.56 Å². The summed E-state index contributed by atoms with van der Waals surface area (Å²) < 4.78 is 5.41. The third kappa shape index (κ3) is 1.70. The average Bonchev–Trinajstić information content (AvgIpc) is 2.63. The quantitative estimate of drug-likeness (QED) is 0.799. The zero-order chi connectivity index (χ0) is 9.80. The van der Waals surface area contributed by atoms with Gasteiger partial charge in [0.05, 0.1) is 6.26 Å². The molecule has 1 aromatic carbocycles. The van der Waals surface area contributed by atoms with Crippen LogP contribution in [-0.4, -0.2) is 13.6 Å². The Morgan fingerprint density at radius 1 is 1.36 bits per heavy atom. The predicted molar refractivity (Wildman–Crippen MR) is 59.2 cm³/mol. The van der Waals surface area contributed by atoms with Crippen LogP contribution < -0.4 is 5.32 Å². The molecule has 0 aliphatic heterocycles. The molecule has 0 atom stereocenters. The Morgan fingerprint density at radius 2 is 2.21 bits per heavy atom. The molecule has 2 rings (SSSR count). The lowest BCUT2D eigenvalue weighted by atomic mass is 10.1. The highest BCUT2D eigenvalue weighted by Crippen LogP contribution is 2.21. The van der Waals surface area contributed by atoms with E-state index in [4.69, 9.17) is 4.42 Å². The molecule has 0 saturated carbocycles. The highest BCUT2D eigenvalue weighted by atomic mass is 16.3. The number of likely N-dealkylation sites (N-methyl/N-ethyl adjacent to an activating group) is 1. The normalized spacial score (nSPS) is 11.5. The maximum atomic E-state index is 5.41. The van der Waals surface area contributed by atoms with Gasteiger partial charge in [-0.1, -0.05) is 30.4 Å². The summed E-state index contributed by atoms with van der Waals surface area (Å²) in [5.74, 6) is 0. The first kappa shape index (κ1) is 9.03. The van der Waals surface area contributed by atoms with E-state index in [1.165, 1.54) is 5.39 Å². The zero-order valence-electron chi connectivity index (χ0n) is 8.16. The first-order valence-electron chi connectivity index (χ1n) is 4.69. The molecule has 72 valence electrons. The first-order valence-corrected chi connectivity index (χ1v) is 4.69. The molecule has 14 heavy (non-hydrogen) atoms. The summed E-state index contributed by atoms with van der Waals surface area (Å²) in [4.78, 5) is 0. The van der Waals surface area contributed by atoms with Crippen LogP contribution >= 0.6 is 0 Å². The number of fused-ring (bicyclic) bond motifs is 1. The van der Waals surface area contributed by atoms with Crippen molar-refractivity contribution in [2.45, 2.75) is 0 Å². The lowest BCUT2D eigenvalue weighted by molar-refractivity contribution is 0.615. The smallest absolute Gasteiger partial charge is 0.134 e. The molecular weight excluding hydrogens is 174 g/mol. The van der Waals surface area contributed by atoms with E-state index in [1.54, 1.807) is 6.26 Å². The molecule has 2 aromatic rings. The third-order valence-corrected chi connectivity index (χ3v) is 2.13. The Labute approximate surface area is 83.2 Å². The van der Waals surface area contributed by atoms with Gasteiger partial charge in [-0.05, 0) is 13.1 Å². The van der Waals surface area contributed by atoms with Gasteiger partial charge in [0, 0.05) is 17.5 Å². The minimum absolute atomic E-state index is 0.875. The molecule has 1 N–H and O–H groups in total. The van der Waals surface area contributed by atoms with Crippen molar-refractivity contribution in [3.05, 3.63) is 42.2 Å². The van der Waals surface area contributed by atoms with Gasteiger partial charge in [0.1, 0.15) is 5.58 Å². The fourth-order valence-corrected chi connectivity index (χ4v) is 1.43. The minimum Gasteiger partial charge on any atom is -0.464 e. The second-order valence-electron chi connectivity index (χ2n) is 3.15. The molecular formula is C12H13NO. The van der Waals surface area contributed by atoms with Crippen molar-refractivity contribution in [2.24, 2.45) is 0 Å². The molecule has 0 fully saturated rings. The first-order chi connectivity index (χ1) is 6.92. The maximum absolute atomic E-state index is 5.41. The highest BCUT2D eigenvalue weighted by molar-refractivity contribution is 5.86. The molecule has 0 radical (unpaired) electrons. The van der Waals surface area contributed by atoms with Gasteiger partial charge in [-0.2, -0.15) is 0 Å². The molecule has 0 saturated heterocycles. The van der Waals surface area contributed by atoms with E-state index in [2.05, 4.69) is 23.5 Å². The Hall–Kier alpha value is -1.54. The van der Waals surface area contributed by atoms with Gasteiger partial charge in [0.15, 0.2) is 0 Å². The fraction of sp³-hybridized carbons (Fsp3) is 0.167. The van der Waals surface area contributed by atoms with Gasteiger partial charge < -0.3 is 9.73 Å². The van der Waals surface area contributed by atoms with Crippen LogP contribution in [0.4, 0.5) is 0 Å². The van der Waals surface area contributed by atoms with E-state index in [9.17, 15) is 0 Å². The number of hydrogen-bond acceptors (Lipinski definition) is 2. The van der Waals surface area contributed by atoms with Crippen molar-refractivity contribution in [1.82, 2.24) is 5.32 Å². The van der Waals surface area contributed by atoms with Crippen molar-refractivity contribution in [3.63, 3.8) is 0 Å². The topological polar surface area (TPSA) is 25.2 Å². The fourth-order valence-electron chi connectivity index (χ4n) is 1.43. The molecule has 1 heterocycles. The van der Waals surface area contributed by atoms with Crippen molar-refractivity contribution in [2.75, 3.05) is 13.6 Å². The molecule has 0 amide bonds. The Morgan fingerprint density at radius 3 is 3.07 bits per heavy atom. The number of nitrogens with one attached hydrogen (secondary N) is 1. The van der Waals surface area contributed by atoms with Crippen LogP contribution in [0.2, 0.25) is 0 Å². The Balaban J connectivity index is 2.34. The maximum Gasteiger partial charge on any atom is 0.134 e. The summed E-state index contributed by atoms with van der Waals surface area (Å²) in [6.45, 7) is 0.875. The summed E-state index contributed by atoms with van der Waals surface area (Å²) in [5.41, 5.74) is 2.08. The highest BCUT2D eigenvalue weighted by Gasteiger charge is 2.00. The summed E-state index contributed by atoms with van der Waals surface area (Å²) in [7, 11) is 1.93. The molecule has 1 aromatic heterocycles. The lowest BCUT2D eigenvalue weighted by Crippen LogP contribution is -2.03. The van der Waals surface area contributed by atoms with E-state index in [0.29, 0.717) is 0 Å². The average molecular weight is 187 g/mol. The number of rotatable bonds is 3. The molecule has 0 spiro atoms. The van der Waals surface area contributed by atoms with Gasteiger partial charge in [0.2, 0.25) is 0 Å². The second kappa shape index (κ2) is 4.11. The summed E-state index contributed by atoms with van der Waals surface area (Å²) >= 11 is 0. The molecule has 0 aliphatic rings. The Bertz CT molecular complexity index is 442. The number of benzene rings is 1. The van der Waals surface area contributed by atoms with Crippen LogP contribution in [0.5, 0.6) is 0 Å². The lowest BCUT2D eigenvalue weighted by Gasteiger charge is -1.89. The van der Waals surface area contributed by atoms with Crippen LogP contribution in [0.3, 0.4) is 0 Å². The monoisotopic (exact) mass is 187 g/mol. The number of furan rings is 1. The Kier molecular flexibility index (Phi) is 2.65. The van der Waals surface area contributed by atoms with Crippen LogP contribution in [0.25, 0.3) is 17.0 Å². The van der Waals surface area contributed by atoms with Crippen LogP contribution in [-0.2, 0) is 0 Å². The van der Waals surface area contributed by atoms with Crippen LogP contribution in [0.15, 0.2) is 41.0 Å². The van der Waals surface area contributed by atoms with E-state index in [1.807, 2.05) is 25.2 Å². The van der Waals surface area contributed by atoms with E-state index in [0.717, 1.165) is 17.7 Å². The van der Waals surface area contributed by atoms with Gasteiger partial charge in [-0.15, -0.1) is 0 Å². The van der Waals surface area contributed by atoms with Gasteiger partial charge in [-0.3, -0.25) is 0 Å². The standard InChI is InChI=1S/C12H13NO/c1-13-8-4-5-10-9-14-12-7-3-2-6-11(10)12/h2-7,9,13H,8H2,1H3/b5-4+. The largest absolute Gasteiger partial charge is 0.464 e. The van der Waals surface area contributed by atoms with Gasteiger partial charge >= 0.3 is 0 Å². The summed E-state index contributed by atoms with van der Waals surface area (Å²) in [6, 6.07) is 8.04. The molecule has 2 heteroatoms. The van der Waals surface area contributed by atoms with Crippen molar-refractivity contribution < 1.29 is 4.42 Å². The molecule has 0 unspecified atom stereocenters. The van der Waals surface area contributed by atoms with Gasteiger partial charge in [0.25, 0.3) is 0 Å². The number of hydrogen-bond donors (Lipinski definition) is 1. The molecule has 2 nitrogen and oxygen atoms in total. The second-order valence-corrected chi connectivity index (χ2v) is 3.15. The number of para-hydroxylation sites is 1. The zero-order valence-corrected chi connectivity index (χ0v) is 8.16. The summed E-state index contributed by atoms with van der Waals surface area (Å²) in [6.07, 6.45) is 5.94. The predicted octanol–water partition coefficient (Wildman–Crippen LogP) is 2.67.